The smallest absolute Gasteiger partial charge is 0.194 e. The summed E-state index contributed by atoms with van der Waals surface area (Å²) in [6.07, 6.45) is 0.593. The van der Waals surface area contributed by atoms with Gasteiger partial charge in [-0.1, -0.05) is 28.1 Å². The number of H-pyrrole nitrogens is 1. The lowest BCUT2D eigenvalue weighted by Gasteiger charge is -1.99. The molecule has 2 rings (SSSR count). The number of nitrogens with one attached hydrogen (secondary N) is 1. The molecule has 0 aliphatic rings. The van der Waals surface area contributed by atoms with Crippen LogP contribution in [0.3, 0.4) is 0 Å². The SMILES string of the molecule is Oc1cc(Cc2ccc(Br)cc2)c(O)[nH]1. The van der Waals surface area contributed by atoms with Gasteiger partial charge in [0.25, 0.3) is 0 Å². The fraction of sp³-hybridized carbons (Fsp3) is 0.0909. The van der Waals surface area contributed by atoms with Crippen LogP contribution in [-0.2, 0) is 6.42 Å². The minimum atomic E-state index is -0.0142. The van der Waals surface area contributed by atoms with E-state index in [1.165, 1.54) is 6.07 Å². The van der Waals surface area contributed by atoms with Gasteiger partial charge in [-0.3, -0.25) is 4.98 Å². The molecule has 4 heteroatoms. The first-order valence-corrected chi connectivity index (χ1v) is 5.29. The van der Waals surface area contributed by atoms with Gasteiger partial charge in [0.15, 0.2) is 11.8 Å². The van der Waals surface area contributed by atoms with E-state index in [1.807, 2.05) is 24.3 Å². The Morgan fingerprint density at radius 2 is 1.80 bits per heavy atom. The van der Waals surface area contributed by atoms with Gasteiger partial charge in [0.2, 0.25) is 0 Å². The average molecular weight is 268 g/mol. The van der Waals surface area contributed by atoms with E-state index in [1.54, 1.807) is 0 Å². The number of rotatable bonds is 2. The van der Waals surface area contributed by atoms with Gasteiger partial charge < -0.3 is 10.2 Å². The Balaban J connectivity index is 2.21. The first kappa shape index (κ1) is 10.1. The summed E-state index contributed by atoms with van der Waals surface area (Å²) in [6.45, 7) is 0. The van der Waals surface area contributed by atoms with Gasteiger partial charge in [0.05, 0.1) is 0 Å². The molecule has 0 bridgehead atoms. The maximum atomic E-state index is 9.42. The molecule has 0 fully saturated rings. The highest BCUT2D eigenvalue weighted by molar-refractivity contribution is 9.10. The van der Waals surface area contributed by atoms with E-state index in [4.69, 9.17) is 5.11 Å². The molecular weight excluding hydrogens is 258 g/mol. The highest BCUT2D eigenvalue weighted by atomic mass is 79.9. The second kappa shape index (κ2) is 3.98. The second-order valence-electron chi connectivity index (χ2n) is 3.33. The summed E-state index contributed by atoms with van der Waals surface area (Å²) in [5.74, 6) is 0.00929. The molecule has 0 unspecified atom stereocenters. The average Bonchev–Trinajstić information content (AvgIpc) is 2.49. The largest absolute Gasteiger partial charge is 0.495 e. The van der Waals surface area contributed by atoms with Crippen molar-refractivity contribution in [1.82, 2.24) is 4.98 Å². The summed E-state index contributed by atoms with van der Waals surface area (Å²) in [4.78, 5) is 2.44. The fourth-order valence-electron chi connectivity index (χ4n) is 1.43. The number of aromatic amines is 1. The fourth-order valence-corrected chi connectivity index (χ4v) is 1.69. The normalized spacial score (nSPS) is 10.5. The van der Waals surface area contributed by atoms with Crippen LogP contribution < -0.4 is 0 Å². The standard InChI is InChI=1S/C11H10BrNO2/c12-9-3-1-7(2-4-9)5-8-6-10(14)13-11(8)15/h1-4,6,13-15H,5H2. The van der Waals surface area contributed by atoms with Gasteiger partial charge in [-0.2, -0.15) is 0 Å². The van der Waals surface area contributed by atoms with Crippen LogP contribution >= 0.6 is 15.9 Å². The molecule has 0 atom stereocenters. The van der Waals surface area contributed by atoms with Crippen LogP contribution in [0, 0.1) is 0 Å². The first-order valence-electron chi connectivity index (χ1n) is 4.49. The Morgan fingerprint density at radius 3 is 2.33 bits per heavy atom. The van der Waals surface area contributed by atoms with Gasteiger partial charge in [-0.05, 0) is 17.7 Å². The van der Waals surface area contributed by atoms with Gasteiger partial charge in [0, 0.05) is 22.5 Å². The Morgan fingerprint density at radius 1 is 1.13 bits per heavy atom. The molecule has 0 aliphatic heterocycles. The van der Waals surface area contributed by atoms with Crippen molar-refractivity contribution in [2.24, 2.45) is 0 Å². The number of hydrogen-bond donors (Lipinski definition) is 3. The van der Waals surface area contributed by atoms with E-state index in [9.17, 15) is 5.11 Å². The quantitative estimate of drug-likeness (QED) is 0.784. The summed E-state index contributed by atoms with van der Waals surface area (Å²) in [5.41, 5.74) is 1.77. The molecule has 0 radical (unpaired) electrons. The van der Waals surface area contributed by atoms with E-state index in [0.717, 1.165) is 10.0 Å². The number of hydrogen-bond acceptors (Lipinski definition) is 2. The van der Waals surface area contributed by atoms with E-state index in [0.29, 0.717) is 12.0 Å². The molecule has 78 valence electrons. The molecule has 15 heavy (non-hydrogen) atoms. The van der Waals surface area contributed by atoms with Crippen LogP contribution in [0.25, 0.3) is 0 Å². The van der Waals surface area contributed by atoms with Gasteiger partial charge >= 0.3 is 0 Å². The molecule has 0 aliphatic carbocycles. The summed E-state index contributed by atoms with van der Waals surface area (Å²) in [5, 5.41) is 18.6. The van der Waals surface area contributed by atoms with Crippen molar-refractivity contribution in [3.05, 3.63) is 45.9 Å². The highest BCUT2D eigenvalue weighted by Crippen LogP contribution is 2.24. The topological polar surface area (TPSA) is 56.2 Å². The Labute approximate surface area is 95.5 Å². The van der Waals surface area contributed by atoms with Crippen LogP contribution in [0.4, 0.5) is 0 Å². The molecule has 1 aromatic carbocycles. The lowest BCUT2D eigenvalue weighted by atomic mass is 10.1. The summed E-state index contributed by atoms with van der Waals surface area (Å²) >= 11 is 3.35. The number of aromatic nitrogens is 1. The minimum absolute atomic E-state index is 0.0142. The van der Waals surface area contributed by atoms with Crippen molar-refractivity contribution in [3.8, 4) is 11.8 Å². The number of benzene rings is 1. The lowest BCUT2D eigenvalue weighted by Crippen LogP contribution is -1.85. The molecule has 0 spiro atoms. The van der Waals surface area contributed by atoms with Gasteiger partial charge in [0.1, 0.15) is 0 Å². The zero-order valence-electron chi connectivity index (χ0n) is 7.87. The molecule has 0 saturated carbocycles. The van der Waals surface area contributed by atoms with Crippen LogP contribution in [0.5, 0.6) is 11.8 Å². The molecule has 3 N–H and O–H groups in total. The van der Waals surface area contributed by atoms with E-state index < -0.39 is 0 Å². The van der Waals surface area contributed by atoms with Crippen molar-refractivity contribution >= 4 is 15.9 Å². The van der Waals surface area contributed by atoms with Crippen molar-refractivity contribution in [2.75, 3.05) is 0 Å². The minimum Gasteiger partial charge on any atom is -0.495 e. The highest BCUT2D eigenvalue weighted by Gasteiger charge is 2.06. The first-order chi connectivity index (χ1) is 7.15. The Bertz CT molecular complexity index is 462. The number of halogens is 1. The molecule has 0 saturated heterocycles. The molecular formula is C11H10BrNO2. The third kappa shape index (κ3) is 2.33. The van der Waals surface area contributed by atoms with Crippen LogP contribution in [-0.4, -0.2) is 15.2 Å². The van der Waals surface area contributed by atoms with Crippen LogP contribution in [0.15, 0.2) is 34.8 Å². The molecule has 3 nitrogen and oxygen atoms in total. The maximum Gasteiger partial charge on any atom is 0.194 e. The van der Waals surface area contributed by atoms with E-state index in [-0.39, 0.29) is 11.8 Å². The third-order valence-electron chi connectivity index (χ3n) is 2.17. The zero-order valence-corrected chi connectivity index (χ0v) is 9.45. The van der Waals surface area contributed by atoms with Crippen molar-refractivity contribution in [2.45, 2.75) is 6.42 Å². The molecule has 0 amide bonds. The maximum absolute atomic E-state index is 9.42. The summed E-state index contributed by atoms with van der Waals surface area (Å²) < 4.78 is 1.02. The summed E-state index contributed by atoms with van der Waals surface area (Å²) in [6, 6.07) is 9.34. The van der Waals surface area contributed by atoms with Crippen LogP contribution in [0.1, 0.15) is 11.1 Å². The molecule has 1 aromatic heterocycles. The summed E-state index contributed by atoms with van der Waals surface area (Å²) in [7, 11) is 0. The predicted molar refractivity (Wildman–Crippen MR) is 61.1 cm³/mol. The van der Waals surface area contributed by atoms with E-state index in [2.05, 4.69) is 20.9 Å². The second-order valence-corrected chi connectivity index (χ2v) is 4.25. The molecule has 2 aromatic rings. The van der Waals surface area contributed by atoms with Gasteiger partial charge in [-0.25, -0.2) is 0 Å². The lowest BCUT2D eigenvalue weighted by molar-refractivity contribution is 0.423. The van der Waals surface area contributed by atoms with Gasteiger partial charge in [-0.15, -0.1) is 0 Å². The molecule has 1 heterocycles. The Kier molecular flexibility index (Phi) is 2.68. The Hall–Kier alpha value is -1.42. The van der Waals surface area contributed by atoms with E-state index >= 15 is 0 Å². The monoisotopic (exact) mass is 267 g/mol. The number of aromatic hydroxyl groups is 2. The van der Waals surface area contributed by atoms with Crippen molar-refractivity contribution in [3.63, 3.8) is 0 Å². The third-order valence-corrected chi connectivity index (χ3v) is 2.70. The van der Waals surface area contributed by atoms with Crippen molar-refractivity contribution < 1.29 is 10.2 Å². The predicted octanol–water partition coefficient (Wildman–Crippen LogP) is 2.78. The zero-order chi connectivity index (χ0) is 10.8. The van der Waals surface area contributed by atoms with Crippen molar-refractivity contribution in [1.29, 1.82) is 0 Å². The van der Waals surface area contributed by atoms with Crippen LogP contribution in [0.2, 0.25) is 0 Å².